The van der Waals surface area contributed by atoms with Crippen LogP contribution >= 0.6 is 0 Å². The van der Waals surface area contributed by atoms with E-state index in [1.807, 2.05) is 105 Å². The molecule has 174 valence electrons. The summed E-state index contributed by atoms with van der Waals surface area (Å²) in [7, 11) is 0. The van der Waals surface area contributed by atoms with E-state index in [1.165, 1.54) is 0 Å². The largest absolute Gasteiger partial charge is 0.490 e. The van der Waals surface area contributed by atoms with Crippen molar-refractivity contribution in [2.75, 3.05) is 0 Å². The summed E-state index contributed by atoms with van der Waals surface area (Å²) in [5, 5.41) is 0. The Morgan fingerprint density at radius 1 is 0.706 bits per heavy atom. The fraction of sp³-hybridized carbons (Fsp3) is 0.207. The first-order valence-electron chi connectivity index (χ1n) is 11.5. The van der Waals surface area contributed by atoms with Crippen LogP contribution in [0.5, 0.6) is 17.5 Å². The Bertz CT molecular complexity index is 1190. The summed E-state index contributed by atoms with van der Waals surface area (Å²) in [6.07, 6.45) is 0.0256. The van der Waals surface area contributed by atoms with E-state index < -0.39 is 0 Å². The van der Waals surface area contributed by atoms with Crippen molar-refractivity contribution >= 4 is 0 Å². The minimum atomic E-state index is 0.0256. The van der Waals surface area contributed by atoms with Crippen LogP contribution < -0.4 is 19.9 Å². The van der Waals surface area contributed by atoms with Gasteiger partial charge in [0.05, 0.1) is 6.10 Å². The molecule has 0 bridgehead atoms. The van der Waals surface area contributed by atoms with Crippen LogP contribution in [0.25, 0.3) is 11.1 Å². The lowest BCUT2D eigenvalue weighted by Crippen LogP contribution is -2.08. The van der Waals surface area contributed by atoms with Crippen LogP contribution in [0, 0.1) is 0 Å². The van der Waals surface area contributed by atoms with Crippen molar-refractivity contribution in [3.63, 3.8) is 0 Å². The second kappa shape index (κ2) is 11.3. The van der Waals surface area contributed by atoms with E-state index in [0.29, 0.717) is 31.5 Å². The molecular weight excluding hydrogens is 424 g/mol. The highest BCUT2D eigenvalue weighted by atomic mass is 16.5. The summed E-state index contributed by atoms with van der Waals surface area (Å²) in [6.45, 7) is 5.26. The zero-order chi connectivity index (χ0) is 23.8. The fourth-order valence-electron chi connectivity index (χ4n) is 3.55. The molecule has 0 aliphatic carbocycles. The van der Waals surface area contributed by atoms with Crippen molar-refractivity contribution in [2.45, 2.75) is 39.7 Å². The van der Waals surface area contributed by atoms with Gasteiger partial charge in [0.15, 0.2) is 0 Å². The van der Waals surface area contributed by atoms with Gasteiger partial charge >= 0.3 is 0 Å². The van der Waals surface area contributed by atoms with Crippen LogP contribution in [-0.4, -0.2) is 11.1 Å². The van der Waals surface area contributed by atoms with Gasteiger partial charge in [-0.1, -0.05) is 66.7 Å². The zero-order valence-electron chi connectivity index (χ0n) is 19.6. The molecule has 1 heterocycles. The van der Waals surface area contributed by atoms with E-state index in [9.17, 15) is 0 Å². The Kier molecular flexibility index (Phi) is 7.79. The monoisotopic (exact) mass is 454 g/mol. The Hall–Kier alpha value is -3.83. The SMILES string of the molecule is CC(C)Oc1ccc(CN)cc1-c1ccc(OCc2ccccc2)nc1OCc1ccccc1. The molecule has 1 aromatic heterocycles. The molecular formula is C29H30N2O3. The molecule has 0 fully saturated rings. The molecule has 0 aliphatic heterocycles. The summed E-state index contributed by atoms with van der Waals surface area (Å²) in [6, 6.07) is 29.8. The highest BCUT2D eigenvalue weighted by molar-refractivity contribution is 5.75. The van der Waals surface area contributed by atoms with Crippen LogP contribution in [0.4, 0.5) is 0 Å². The number of nitrogens with two attached hydrogens (primary N) is 1. The van der Waals surface area contributed by atoms with Gasteiger partial charge in [-0.2, -0.15) is 4.98 Å². The summed E-state index contributed by atoms with van der Waals surface area (Å²) < 4.78 is 18.3. The predicted octanol–water partition coefficient (Wildman–Crippen LogP) is 6.15. The van der Waals surface area contributed by atoms with Gasteiger partial charge in [-0.05, 0) is 48.7 Å². The molecule has 5 nitrogen and oxygen atoms in total. The number of rotatable bonds is 10. The number of benzene rings is 3. The molecule has 5 heteroatoms. The van der Waals surface area contributed by atoms with Gasteiger partial charge in [-0.15, -0.1) is 0 Å². The summed E-state index contributed by atoms with van der Waals surface area (Å²) in [4.78, 5) is 4.72. The van der Waals surface area contributed by atoms with Gasteiger partial charge in [-0.25, -0.2) is 0 Å². The van der Waals surface area contributed by atoms with Crippen molar-refractivity contribution in [2.24, 2.45) is 5.73 Å². The first-order valence-corrected chi connectivity index (χ1v) is 11.5. The van der Waals surface area contributed by atoms with Crippen molar-refractivity contribution in [1.29, 1.82) is 0 Å². The number of pyridine rings is 1. The zero-order valence-corrected chi connectivity index (χ0v) is 19.6. The number of nitrogens with zero attached hydrogens (tertiary/aromatic N) is 1. The van der Waals surface area contributed by atoms with Gasteiger partial charge in [0.25, 0.3) is 0 Å². The highest BCUT2D eigenvalue weighted by Crippen LogP contribution is 2.38. The standard InChI is InChI=1S/C29H30N2O3/c1-21(2)34-27-15-13-24(18-30)17-26(27)25-14-16-28(32-19-22-9-5-3-6-10-22)31-29(25)33-20-23-11-7-4-8-12-23/h3-17,21H,18-20,30H2,1-2H3. The molecule has 0 spiro atoms. The topological polar surface area (TPSA) is 66.6 Å². The van der Waals surface area contributed by atoms with Gasteiger partial charge < -0.3 is 19.9 Å². The summed E-state index contributed by atoms with van der Waals surface area (Å²) in [5.41, 5.74) is 10.8. The van der Waals surface area contributed by atoms with Crippen molar-refractivity contribution in [3.05, 3.63) is 108 Å². The van der Waals surface area contributed by atoms with Crippen LogP contribution in [0.2, 0.25) is 0 Å². The van der Waals surface area contributed by atoms with E-state index in [-0.39, 0.29) is 6.10 Å². The fourth-order valence-corrected chi connectivity index (χ4v) is 3.55. The van der Waals surface area contributed by atoms with Crippen molar-refractivity contribution in [3.8, 4) is 28.6 Å². The number of hydrogen-bond acceptors (Lipinski definition) is 5. The third-order valence-electron chi connectivity index (χ3n) is 5.22. The molecule has 0 radical (unpaired) electrons. The quantitative estimate of drug-likeness (QED) is 0.311. The second-order valence-electron chi connectivity index (χ2n) is 8.25. The molecule has 0 saturated heterocycles. The Balaban J connectivity index is 1.69. The lowest BCUT2D eigenvalue weighted by molar-refractivity contribution is 0.243. The van der Waals surface area contributed by atoms with Gasteiger partial charge in [0, 0.05) is 23.7 Å². The number of hydrogen-bond donors (Lipinski definition) is 1. The molecule has 0 amide bonds. The molecule has 4 rings (SSSR count). The average molecular weight is 455 g/mol. The maximum absolute atomic E-state index is 6.23. The minimum Gasteiger partial charge on any atom is -0.490 e. The molecule has 2 N–H and O–H groups in total. The van der Waals surface area contributed by atoms with Crippen molar-refractivity contribution in [1.82, 2.24) is 4.98 Å². The summed E-state index contributed by atoms with van der Waals surface area (Å²) in [5.74, 6) is 1.74. The van der Waals surface area contributed by atoms with Crippen LogP contribution in [0.1, 0.15) is 30.5 Å². The van der Waals surface area contributed by atoms with E-state index in [2.05, 4.69) is 0 Å². The molecule has 34 heavy (non-hydrogen) atoms. The van der Waals surface area contributed by atoms with Gasteiger partial charge in [0.2, 0.25) is 11.8 Å². The highest BCUT2D eigenvalue weighted by Gasteiger charge is 2.17. The third kappa shape index (κ3) is 6.15. The van der Waals surface area contributed by atoms with Crippen LogP contribution in [-0.2, 0) is 19.8 Å². The molecule has 0 saturated carbocycles. The minimum absolute atomic E-state index is 0.0256. The lowest BCUT2D eigenvalue weighted by Gasteiger charge is -2.18. The Morgan fingerprint density at radius 2 is 1.35 bits per heavy atom. The molecule has 0 aliphatic rings. The smallest absolute Gasteiger partial charge is 0.225 e. The Morgan fingerprint density at radius 3 is 1.97 bits per heavy atom. The second-order valence-corrected chi connectivity index (χ2v) is 8.25. The maximum Gasteiger partial charge on any atom is 0.225 e. The van der Waals surface area contributed by atoms with Crippen LogP contribution in [0.3, 0.4) is 0 Å². The molecule has 4 aromatic rings. The van der Waals surface area contributed by atoms with Gasteiger partial charge in [0.1, 0.15) is 19.0 Å². The van der Waals surface area contributed by atoms with E-state index in [4.69, 9.17) is 24.9 Å². The van der Waals surface area contributed by atoms with Crippen molar-refractivity contribution < 1.29 is 14.2 Å². The van der Waals surface area contributed by atoms with Crippen LogP contribution in [0.15, 0.2) is 91.0 Å². The lowest BCUT2D eigenvalue weighted by atomic mass is 10.0. The van der Waals surface area contributed by atoms with E-state index in [0.717, 1.165) is 33.6 Å². The number of ether oxygens (including phenoxy) is 3. The van der Waals surface area contributed by atoms with E-state index >= 15 is 0 Å². The normalized spacial score (nSPS) is 10.8. The third-order valence-corrected chi connectivity index (χ3v) is 5.22. The maximum atomic E-state index is 6.23. The molecule has 0 atom stereocenters. The first-order chi connectivity index (χ1) is 16.6. The Labute approximate surface area is 201 Å². The predicted molar refractivity (Wildman–Crippen MR) is 135 cm³/mol. The van der Waals surface area contributed by atoms with E-state index in [1.54, 1.807) is 0 Å². The molecule has 3 aromatic carbocycles. The number of aromatic nitrogens is 1. The average Bonchev–Trinajstić information content (AvgIpc) is 2.87. The molecule has 0 unspecified atom stereocenters. The summed E-state index contributed by atoms with van der Waals surface area (Å²) >= 11 is 0. The first kappa shape index (κ1) is 23.3. The van der Waals surface area contributed by atoms with Gasteiger partial charge in [-0.3, -0.25) is 0 Å².